The fourth-order valence-electron chi connectivity index (χ4n) is 3.48. The van der Waals surface area contributed by atoms with Crippen LogP contribution in [0.25, 0.3) is 0 Å². The first-order chi connectivity index (χ1) is 10.4. The Morgan fingerprint density at radius 3 is 2.62 bits per heavy atom. The second-order valence-corrected chi connectivity index (χ2v) is 6.20. The average Bonchev–Trinajstić information content (AvgIpc) is 2.91. The number of fused-ring (bicyclic) bond motifs is 1. The van der Waals surface area contributed by atoms with Crippen molar-refractivity contribution in [3.05, 3.63) is 70.8 Å². The Morgan fingerprint density at radius 1 is 0.952 bits per heavy atom. The van der Waals surface area contributed by atoms with Crippen molar-refractivity contribution in [1.29, 1.82) is 0 Å². The van der Waals surface area contributed by atoms with Crippen molar-refractivity contribution in [2.75, 3.05) is 6.54 Å². The SMILES string of the molecule is NCCCCc1ccc2c(c1)[C@H](Cc1ccccc1)CC2. The Hall–Kier alpha value is -1.60. The van der Waals surface area contributed by atoms with E-state index in [9.17, 15) is 0 Å². The molecular formula is C20H25N. The van der Waals surface area contributed by atoms with Crippen LogP contribution in [0.4, 0.5) is 0 Å². The average molecular weight is 279 g/mol. The van der Waals surface area contributed by atoms with Crippen LogP contribution >= 0.6 is 0 Å². The molecule has 0 spiro atoms. The number of unbranched alkanes of at least 4 members (excludes halogenated alkanes) is 1. The van der Waals surface area contributed by atoms with E-state index in [4.69, 9.17) is 5.73 Å². The lowest BCUT2D eigenvalue weighted by molar-refractivity contribution is 0.673. The molecule has 0 saturated heterocycles. The van der Waals surface area contributed by atoms with Crippen molar-refractivity contribution in [3.8, 4) is 0 Å². The van der Waals surface area contributed by atoms with E-state index in [1.807, 2.05) is 0 Å². The van der Waals surface area contributed by atoms with Gasteiger partial charge in [0.25, 0.3) is 0 Å². The van der Waals surface area contributed by atoms with Crippen LogP contribution in [0, 0.1) is 0 Å². The first kappa shape index (κ1) is 14.3. The Bertz CT molecular complexity index is 574. The third-order valence-electron chi connectivity index (χ3n) is 4.66. The lowest BCUT2D eigenvalue weighted by Gasteiger charge is -2.13. The molecule has 1 atom stereocenters. The molecular weight excluding hydrogens is 254 g/mol. The predicted molar refractivity (Wildman–Crippen MR) is 89.6 cm³/mol. The third-order valence-corrected chi connectivity index (χ3v) is 4.66. The summed E-state index contributed by atoms with van der Waals surface area (Å²) in [7, 11) is 0. The molecule has 0 aromatic heterocycles. The second kappa shape index (κ2) is 6.91. The Kier molecular flexibility index (Phi) is 4.72. The summed E-state index contributed by atoms with van der Waals surface area (Å²) in [5.41, 5.74) is 11.7. The lowest BCUT2D eigenvalue weighted by atomic mass is 9.92. The minimum atomic E-state index is 0.705. The normalized spacial score (nSPS) is 16.9. The molecule has 0 saturated carbocycles. The molecule has 1 nitrogen and oxygen atoms in total. The molecule has 0 radical (unpaired) electrons. The van der Waals surface area contributed by atoms with Gasteiger partial charge >= 0.3 is 0 Å². The Balaban J connectivity index is 1.72. The first-order valence-corrected chi connectivity index (χ1v) is 8.22. The molecule has 0 amide bonds. The minimum Gasteiger partial charge on any atom is -0.330 e. The highest BCUT2D eigenvalue weighted by Gasteiger charge is 2.22. The molecule has 0 aliphatic heterocycles. The number of hydrogen-bond acceptors (Lipinski definition) is 1. The van der Waals surface area contributed by atoms with Gasteiger partial charge in [0.1, 0.15) is 0 Å². The molecule has 1 aliphatic rings. The van der Waals surface area contributed by atoms with E-state index in [-0.39, 0.29) is 0 Å². The maximum absolute atomic E-state index is 5.59. The fourth-order valence-corrected chi connectivity index (χ4v) is 3.48. The minimum absolute atomic E-state index is 0.705. The van der Waals surface area contributed by atoms with E-state index >= 15 is 0 Å². The van der Waals surface area contributed by atoms with E-state index in [1.165, 1.54) is 43.2 Å². The highest BCUT2D eigenvalue weighted by Crippen LogP contribution is 2.36. The molecule has 1 heteroatoms. The molecule has 0 unspecified atom stereocenters. The zero-order valence-corrected chi connectivity index (χ0v) is 12.7. The van der Waals surface area contributed by atoms with Gasteiger partial charge < -0.3 is 5.73 Å². The summed E-state index contributed by atoms with van der Waals surface area (Å²) >= 11 is 0. The van der Waals surface area contributed by atoms with Gasteiger partial charge in [0.2, 0.25) is 0 Å². The van der Waals surface area contributed by atoms with E-state index in [0.29, 0.717) is 5.92 Å². The molecule has 0 fully saturated rings. The summed E-state index contributed by atoms with van der Waals surface area (Å²) in [6.07, 6.45) is 7.23. The molecule has 21 heavy (non-hydrogen) atoms. The van der Waals surface area contributed by atoms with Crippen LogP contribution in [0.3, 0.4) is 0 Å². The highest BCUT2D eigenvalue weighted by molar-refractivity contribution is 5.39. The fraction of sp³-hybridized carbons (Fsp3) is 0.400. The zero-order valence-electron chi connectivity index (χ0n) is 12.7. The van der Waals surface area contributed by atoms with Gasteiger partial charge in [-0.1, -0.05) is 48.5 Å². The van der Waals surface area contributed by atoms with Crippen molar-refractivity contribution in [1.82, 2.24) is 0 Å². The summed E-state index contributed by atoms with van der Waals surface area (Å²) in [5, 5.41) is 0. The maximum Gasteiger partial charge on any atom is -0.00772 e. The predicted octanol–water partition coefficient (Wildman–Crippen LogP) is 4.24. The van der Waals surface area contributed by atoms with Crippen LogP contribution in [0.2, 0.25) is 0 Å². The number of nitrogens with two attached hydrogens (primary N) is 1. The van der Waals surface area contributed by atoms with E-state index in [0.717, 1.165) is 13.0 Å². The maximum atomic E-state index is 5.59. The van der Waals surface area contributed by atoms with Gasteiger partial charge in [-0.15, -0.1) is 0 Å². The van der Waals surface area contributed by atoms with Gasteiger partial charge in [-0.3, -0.25) is 0 Å². The van der Waals surface area contributed by atoms with Crippen molar-refractivity contribution >= 4 is 0 Å². The summed E-state index contributed by atoms with van der Waals surface area (Å²) in [6.45, 7) is 0.807. The molecule has 0 bridgehead atoms. The van der Waals surface area contributed by atoms with Gasteiger partial charge in [-0.2, -0.15) is 0 Å². The van der Waals surface area contributed by atoms with Crippen LogP contribution in [0.5, 0.6) is 0 Å². The molecule has 2 aromatic carbocycles. The monoisotopic (exact) mass is 279 g/mol. The van der Waals surface area contributed by atoms with Crippen molar-refractivity contribution in [2.24, 2.45) is 5.73 Å². The largest absolute Gasteiger partial charge is 0.330 e. The van der Waals surface area contributed by atoms with Crippen molar-refractivity contribution in [2.45, 2.75) is 44.4 Å². The molecule has 2 aromatic rings. The Morgan fingerprint density at radius 2 is 1.81 bits per heavy atom. The van der Waals surface area contributed by atoms with Gasteiger partial charge in [-0.05, 0) is 73.2 Å². The summed E-state index contributed by atoms with van der Waals surface area (Å²) in [6, 6.07) is 18.0. The summed E-state index contributed by atoms with van der Waals surface area (Å²) in [4.78, 5) is 0. The number of aryl methyl sites for hydroxylation is 2. The lowest BCUT2D eigenvalue weighted by Crippen LogP contribution is -2.01. The quantitative estimate of drug-likeness (QED) is 0.786. The standard InChI is InChI=1S/C20H25N/c21-13-5-4-8-17-9-10-18-11-12-19(20(18)15-17)14-16-6-2-1-3-7-16/h1-3,6-7,9-10,15,19H,4-5,8,11-14,21H2/t19-/m0/s1. The highest BCUT2D eigenvalue weighted by atomic mass is 14.5. The third kappa shape index (κ3) is 3.54. The van der Waals surface area contributed by atoms with Gasteiger partial charge in [0.15, 0.2) is 0 Å². The number of benzene rings is 2. The van der Waals surface area contributed by atoms with Crippen molar-refractivity contribution < 1.29 is 0 Å². The van der Waals surface area contributed by atoms with E-state index in [1.54, 1.807) is 11.1 Å². The number of hydrogen-bond donors (Lipinski definition) is 1. The van der Waals surface area contributed by atoms with Gasteiger partial charge in [0, 0.05) is 0 Å². The van der Waals surface area contributed by atoms with Gasteiger partial charge in [0.05, 0.1) is 0 Å². The summed E-state index contributed by atoms with van der Waals surface area (Å²) < 4.78 is 0. The van der Waals surface area contributed by atoms with Crippen LogP contribution in [0.1, 0.15) is 47.4 Å². The Labute approximate surface area is 128 Å². The van der Waals surface area contributed by atoms with Crippen LogP contribution in [0.15, 0.2) is 48.5 Å². The molecule has 110 valence electrons. The molecule has 0 heterocycles. The van der Waals surface area contributed by atoms with Gasteiger partial charge in [-0.25, -0.2) is 0 Å². The number of rotatable bonds is 6. The molecule has 3 rings (SSSR count). The van der Waals surface area contributed by atoms with Crippen molar-refractivity contribution in [3.63, 3.8) is 0 Å². The van der Waals surface area contributed by atoms with Crippen LogP contribution in [-0.4, -0.2) is 6.54 Å². The second-order valence-electron chi connectivity index (χ2n) is 6.20. The van der Waals surface area contributed by atoms with Crippen LogP contribution in [-0.2, 0) is 19.3 Å². The topological polar surface area (TPSA) is 26.0 Å². The molecule has 1 aliphatic carbocycles. The van der Waals surface area contributed by atoms with E-state index in [2.05, 4.69) is 48.5 Å². The van der Waals surface area contributed by atoms with E-state index < -0.39 is 0 Å². The molecule has 2 N–H and O–H groups in total. The summed E-state index contributed by atoms with van der Waals surface area (Å²) in [5.74, 6) is 0.705. The first-order valence-electron chi connectivity index (χ1n) is 8.22. The smallest absolute Gasteiger partial charge is 0.00772 e. The zero-order chi connectivity index (χ0) is 14.5. The van der Waals surface area contributed by atoms with Crippen LogP contribution < -0.4 is 5.73 Å².